The van der Waals surface area contributed by atoms with Gasteiger partial charge in [-0.15, -0.1) is 10.2 Å². The highest BCUT2D eigenvalue weighted by Gasteiger charge is 2.30. The summed E-state index contributed by atoms with van der Waals surface area (Å²) in [6, 6.07) is 11.1. The second-order valence-corrected chi connectivity index (χ2v) is 9.60. The van der Waals surface area contributed by atoms with E-state index in [1.807, 2.05) is 10.6 Å². The molecule has 1 aromatic heterocycles. The number of fused-ring (bicyclic) bond motifs is 3. The minimum atomic E-state index is -0.939. The van der Waals surface area contributed by atoms with Crippen molar-refractivity contribution >= 4 is 35.0 Å². The number of carboxylic acid groups (broad SMARTS) is 1. The van der Waals surface area contributed by atoms with Gasteiger partial charge in [0.05, 0.1) is 30.5 Å². The first-order chi connectivity index (χ1) is 17.0. The van der Waals surface area contributed by atoms with Crippen LogP contribution in [0.25, 0.3) is 5.69 Å². The Hall–Kier alpha value is -2.79. The van der Waals surface area contributed by atoms with Crippen molar-refractivity contribution in [1.29, 1.82) is 0 Å². The molecule has 1 fully saturated rings. The van der Waals surface area contributed by atoms with Crippen LogP contribution in [0.2, 0.25) is 5.02 Å². The van der Waals surface area contributed by atoms with Crippen LogP contribution in [0.3, 0.4) is 0 Å². The van der Waals surface area contributed by atoms with E-state index in [1.54, 1.807) is 30.3 Å². The van der Waals surface area contributed by atoms with E-state index in [2.05, 4.69) is 15.1 Å². The first-order valence-corrected chi connectivity index (χ1v) is 12.6. The molecule has 35 heavy (non-hydrogen) atoms. The smallest absolute Gasteiger partial charge is 0.303 e. The number of morpholine rings is 1. The molecule has 0 spiro atoms. The summed E-state index contributed by atoms with van der Waals surface area (Å²) in [6.07, 6.45) is 0.0835. The second-order valence-electron chi connectivity index (χ2n) is 8.25. The van der Waals surface area contributed by atoms with Crippen LogP contribution in [0, 0.1) is 5.82 Å². The SMILES string of the molecule is O=C(O)CC[C@@H]1N=C(c2ccccc2F)c2cc(Cl)ccc2-n2c(SCN3CCOCC3)nnc21. The van der Waals surface area contributed by atoms with E-state index in [4.69, 9.17) is 21.3 Å². The Morgan fingerprint density at radius 3 is 2.74 bits per heavy atom. The molecule has 0 bridgehead atoms. The number of benzene rings is 2. The molecule has 2 aromatic carbocycles. The van der Waals surface area contributed by atoms with Gasteiger partial charge < -0.3 is 9.84 Å². The number of hydrogen-bond donors (Lipinski definition) is 1. The molecule has 8 nitrogen and oxygen atoms in total. The molecule has 3 heterocycles. The van der Waals surface area contributed by atoms with Gasteiger partial charge in [0.25, 0.3) is 0 Å². The maximum atomic E-state index is 14.9. The van der Waals surface area contributed by atoms with E-state index < -0.39 is 17.8 Å². The molecule has 1 saturated heterocycles. The van der Waals surface area contributed by atoms with E-state index in [1.165, 1.54) is 17.8 Å². The Kier molecular flexibility index (Phi) is 7.14. The van der Waals surface area contributed by atoms with Gasteiger partial charge in [0.2, 0.25) is 0 Å². The Bertz CT molecular complexity index is 1280. The Morgan fingerprint density at radius 1 is 1.17 bits per heavy atom. The summed E-state index contributed by atoms with van der Waals surface area (Å²) in [5.41, 5.74) is 2.08. The second kappa shape index (κ2) is 10.4. The highest BCUT2D eigenvalue weighted by molar-refractivity contribution is 7.99. The number of aliphatic imine (C=N–C) groups is 1. The fourth-order valence-corrected chi connectivity index (χ4v) is 5.34. The first-order valence-electron chi connectivity index (χ1n) is 11.2. The van der Waals surface area contributed by atoms with Crippen LogP contribution in [0.5, 0.6) is 0 Å². The van der Waals surface area contributed by atoms with Crippen molar-refractivity contribution in [2.24, 2.45) is 4.99 Å². The van der Waals surface area contributed by atoms with E-state index >= 15 is 0 Å². The van der Waals surface area contributed by atoms with Crippen molar-refractivity contribution in [2.45, 2.75) is 24.0 Å². The molecule has 11 heteroatoms. The largest absolute Gasteiger partial charge is 0.481 e. The van der Waals surface area contributed by atoms with Gasteiger partial charge in [0, 0.05) is 35.7 Å². The third kappa shape index (κ3) is 5.11. The van der Waals surface area contributed by atoms with Gasteiger partial charge in [-0.25, -0.2) is 4.39 Å². The average molecular weight is 516 g/mol. The summed E-state index contributed by atoms with van der Waals surface area (Å²) in [4.78, 5) is 18.5. The lowest BCUT2D eigenvalue weighted by atomic mass is 10.00. The number of ether oxygens (including phenoxy) is 1. The molecule has 0 saturated carbocycles. The Morgan fingerprint density at radius 2 is 1.97 bits per heavy atom. The van der Waals surface area contributed by atoms with Crippen molar-refractivity contribution in [2.75, 3.05) is 32.2 Å². The maximum absolute atomic E-state index is 14.9. The molecule has 0 amide bonds. The van der Waals surface area contributed by atoms with Crippen molar-refractivity contribution < 1.29 is 19.0 Å². The normalized spacial score (nSPS) is 17.9. The molecule has 0 aliphatic carbocycles. The van der Waals surface area contributed by atoms with E-state index in [9.17, 15) is 14.3 Å². The lowest BCUT2D eigenvalue weighted by molar-refractivity contribution is -0.137. The van der Waals surface area contributed by atoms with Crippen LogP contribution in [0.4, 0.5) is 4.39 Å². The van der Waals surface area contributed by atoms with Crippen molar-refractivity contribution in [3.05, 3.63) is 70.3 Å². The van der Waals surface area contributed by atoms with Crippen molar-refractivity contribution in [3.8, 4) is 5.69 Å². The third-order valence-electron chi connectivity index (χ3n) is 5.94. The van der Waals surface area contributed by atoms with Gasteiger partial charge in [0.15, 0.2) is 11.0 Å². The van der Waals surface area contributed by atoms with Crippen LogP contribution < -0.4 is 0 Å². The van der Waals surface area contributed by atoms with Crippen molar-refractivity contribution in [3.63, 3.8) is 0 Å². The Balaban J connectivity index is 1.63. The lowest BCUT2D eigenvalue weighted by Crippen LogP contribution is -2.35. The van der Waals surface area contributed by atoms with Crippen LogP contribution in [-0.4, -0.2) is 68.6 Å². The fourth-order valence-electron chi connectivity index (χ4n) is 4.19. The monoisotopic (exact) mass is 515 g/mol. The zero-order valence-corrected chi connectivity index (χ0v) is 20.3. The molecule has 1 atom stereocenters. The van der Waals surface area contributed by atoms with E-state index in [0.717, 1.165) is 18.8 Å². The van der Waals surface area contributed by atoms with Crippen LogP contribution in [0.15, 0.2) is 52.6 Å². The summed E-state index contributed by atoms with van der Waals surface area (Å²) >= 11 is 7.91. The molecular formula is C24H23ClFN5O3S. The summed E-state index contributed by atoms with van der Waals surface area (Å²) in [7, 11) is 0. The molecule has 1 N–H and O–H groups in total. The van der Waals surface area contributed by atoms with Crippen LogP contribution in [0.1, 0.15) is 35.8 Å². The molecule has 182 valence electrons. The number of carbonyl (C=O) groups is 1. The van der Waals surface area contributed by atoms with Crippen LogP contribution in [-0.2, 0) is 9.53 Å². The first kappa shape index (κ1) is 23.9. The number of carboxylic acids is 1. The van der Waals surface area contributed by atoms with Gasteiger partial charge >= 0.3 is 5.97 Å². The molecule has 0 radical (unpaired) electrons. The summed E-state index contributed by atoms with van der Waals surface area (Å²) in [5.74, 6) is -0.143. The molecule has 2 aliphatic heterocycles. The summed E-state index contributed by atoms with van der Waals surface area (Å²) in [5, 5.41) is 19.3. The minimum Gasteiger partial charge on any atom is -0.481 e. The highest BCUT2D eigenvalue weighted by Crippen LogP contribution is 2.37. The number of halogens is 2. The molecule has 2 aliphatic rings. The van der Waals surface area contributed by atoms with Gasteiger partial charge in [-0.1, -0.05) is 35.5 Å². The minimum absolute atomic E-state index is 0.112. The number of rotatable bonds is 7. The zero-order valence-electron chi connectivity index (χ0n) is 18.7. The summed E-state index contributed by atoms with van der Waals surface area (Å²) in [6.45, 7) is 3.05. The van der Waals surface area contributed by atoms with E-state index in [0.29, 0.717) is 51.9 Å². The zero-order chi connectivity index (χ0) is 24.4. The third-order valence-corrected chi connectivity index (χ3v) is 7.19. The van der Waals surface area contributed by atoms with Gasteiger partial charge in [-0.05, 0) is 36.8 Å². The fraction of sp³-hybridized carbons (Fsp3) is 0.333. The van der Waals surface area contributed by atoms with Gasteiger partial charge in [-0.2, -0.15) is 0 Å². The van der Waals surface area contributed by atoms with Gasteiger partial charge in [0.1, 0.15) is 11.9 Å². The van der Waals surface area contributed by atoms with E-state index in [-0.39, 0.29) is 12.8 Å². The topological polar surface area (TPSA) is 92.8 Å². The predicted molar refractivity (Wildman–Crippen MR) is 131 cm³/mol. The molecule has 5 rings (SSSR count). The number of aromatic nitrogens is 3. The molecular weight excluding hydrogens is 493 g/mol. The summed E-state index contributed by atoms with van der Waals surface area (Å²) < 4.78 is 22.3. The Labute approximate surface area is 210 Å². The lowest BCUT2D eigenvalue weighted by Gasteiger charge is -2.25. The number of aliphatic carboxylic acids is 1. The standard InChI is InChI=1S/C24H23ClFN5O3S/c25-15-5-7-20-17(13-15)22(16-3-1-2-4-18(16)26)27-19(6-8-21(32)33)23-28-29-24(31(20)23)35-14-30-9-11-34-12-10-30/h1-5,7,13,19H,6,8-12,14H2,(H,32,33)/t19-/m0/s1. The molecule has 0 unspecified atom stereocenters. The van der Waals surface area contributed by atoms with Gasteiger partial charge in [-0.3, -0.25) is 19.3 Å². The number of nitrogens with zero attached hydrogens (tertiary/aromatic N) is 5. The van der Waals surface area contributed by atoms with Crippen molar-refractivity contribution in [1.82, 2.24) is 19.7 Å². The average Bonchev–Trinajstić information content (AvgIpc) is 3.22. The highest BCUT2D eigenvalue weighted by atomic mass is 35.5. The predicted octanol–water partition coefficient (Wildman–Crippen LogP) is 4.20. The number of hydrogen-bond acceptors (Lipinski definition) is 7. The van der Waals surface area contributed by atoms with Crippen LogP contribution >= 0.6 is 23.4 Å². The maximum Gasteiger partial charge on any atom is 0.303 e. The quantitative estimate of drug-likeness (QED) is 0.471. The number of thioether (sulfide) groups is 1. The molecule has 3 aromatic rings.